The predicted molar refractivity (Wildman–Crippen MR) is 60.6 cm³/mol. The van der Waals surface area contributed by atoms with Gasteiger partial charge in [0.15, 0.2) is 0 Å². The SMILES string of the molecule is OC(CCOCC(F)(F)F)c1ccccc1Br. The maximum absolute atomic E-state index is 11.8. The third-order valence-corrected chi connectivity index (χ3v) is 2.79. The highest BCUT2D eigenvalue weighted by atomic mass is 79.9. The van der Waals surface area contributed by atoms with Crippen molar-refractivity contribution in [3.63, 3.8) is 0 Å². The van der Waals surface area contributed by atoms with Crippen LogP contribution in [0.25, 0.3) is 0 Å². The molecule has 2 nitrogen and oxygen atoms in total. The number of halogens is 4. The van der Waals surface area contributed by atoms with Gasteiger partial charge in [0.05, 0.1) is 6.10 Å². The Morgan fingerprint density at radius 1 is 1.29 bits per heavy atom. The molecule has 1 rings (SSSR count). The molecule has 0 aliphatic rings. The molecular formula is C11H12BrF3O2. The highest BCUT2D eigenvalue weighted by Crippen LogP contribution is 2.25. The molecule has 1 aromatic carbocycles. The first-order valence-electron chi connectivity index (χ1n) is 4.97. The molecule has 1 N–H and O–H groups in total. The molecule has 0 aliphatic heterocycles. The maximum atomic E-state index is 11.8. The van der Waals surface area contributed by atoms with E-state index in [0.717, 1.165) is 4.47 Å². The third kappa shape index (κ3) is 5.52. The molecule has 96 valence electrons. The van der Waals surface area contributed by atoms with E-state index in [1.54, 1.807) is 24.3 Å². The van der Waals surface area contributed by atoms with E-state index >= 15 is 0 Å². The van der Waals surface area contributed by atoms with Gasteiger partial charge in [0, 0.05) is 17.5 Å². The first-order chi connectivity index (χ1) is 7.90. The van der Waals surface area contributed by atoms with Gasteiger partial charge in [-0.15, -0.1) is 0 Å². The van der Waals surface area contributed by atoms with Gasteiger partial charge in [0.2, 0.25) is 0 Å². The quantitative estimate of drug-likeness (QED) is 0.844. The van der Waals surface area contributed by atoms with Gasteiger partial charge in [-0.3, -0.25) is 0 Å². The summed E-state index contributed by atoms with van der Waals surface area (Å²) in [6, 6.07) is 7.01. The number of aliphatic hydroxyl groups is 1. The van der Waals surface area contributed by atoms with Gasteiger partial charge in [-0.25, -0.2) is 0 Å². The second-order valence-electron chi connectivity index (χ2n) is 3.49. The van der Waals surface area contributed by atoms with E-state index in [4.69, 9.17) is 0 Å². The molecule has 1 unspecified atom stereocenters. The van der Waals surface area contributed by atoms with Crippen molar-refractivity contribution in [2.75, 3.05) is 13.2 Å². The number of benzene rings is 1. The number of rotatable bonds is 5. The van der Waals surface area contributed by atoms with E-state index in [9.17, 15) is 18.3 Å². The van der Waals surface area contributed by atoms with Crippen molar-refractivity contribution in [1.82, 2.24) is 0 Å². The standard InChI is InChI=1S/C11H12BrF3O2/c12-9-4-2-1-3-8(9)10(16)5-6-17-7-11(13,14)15/h1-4,10,16H,5-7H2. The van der Waals surface area contributed by atoms with Gasteiger partial charge in [-0.2, -0.15) is 13.2 Å². The van der Waals surface area contributed by atoms with Gasteiger partial charge in [-0.05, 0) is 11.6 Å². The van der Waals surface area contributed by atoms with Crippen molar-refractivity contribution in [3.05, 3.63) is 34.3 Å². The first-order valence-corrected chi connectivity index (χ1v) is 5.76. The third-order valence-electron chi connectivity index (χ3n) is 2.07. The molecular weight excluding hydrogens is 301 g/mol. The fourth-order valence-corrected chi connectivity index (χ4v) is 1.83. The number of aliphatic hydroxyl groups excluding tert-OH is 1. The highest BCUT2D eigenvalue weighted by molar-refractivity contribution is 9.10. The van der Waals surface area contributed by atoms with E-state index in [-0.39, 0.29) is 13.0 Å². The summed E-state index contributed by atoms with van der Waals surface area (Å²) < 4.78 is 40.5. The second-order valence-corrected chi connectivity index (χ2v) is 4.35. The molecule has 1 atom stereocenters. The van der Waals surface area contributed by atoms with E-state index in [0.29, 0.717) is 5.56 Å². The summed E-state index contributed by atoms with van der Waals surface area (Å²) in [6.45, 7) is -1.42. The Morgan fingerprint density at radius 2 is 1.94 bits per heavy atom. The molecule has 6 heteroatoms. The molecule has 0 aromatic heterocycles. The van der Waals surface area contributed by atoms with Gasteiger partial charge in [0.1, 0.15) is 6.61 Å². The Bertz CT molecular complexity index is 355. The Kier molecular flexibility index (Phi) is 5.42. The minimum Gasteiger partial charge on any atom is -0.388 e. The summed E-state index contributed by atoms with van der Waals surface area (Å²) in [4.78, 5) is 0. The van der Waals surface area contributed by atoms with Crippen molar-refractivity contribution in [2.24, 2.45) is 0 Å². The summed E-state index contributed by atoms with van der Waals surface area (Å²) in [5.41, 5.74) is 0.642. The Labute approximate surface area is 106 Å². The van der Waals surface area contributed by atoms with Crippen LogP contribution in [0.15, 0.2) is 28.7 Å². The smallest absolute Gasteiger partial charge is 0.388 e. The molecule has 0 radical (unpaired) electrons. The van der Waals surface area contributed by atoms with Gasteiger partial charge < -0.3 is 9.84 Å². The van der Waals surface area contributed by atoms with Crippen LogP contribution >= 0.6 is 15.9 Å². The first kappa shape index (κ1) is 14.5. The zero-order valence-electron chi connectivity index (χ0n) is 8.88. The fourth-order valence-electron chi connectivity index (χ4n) is 1.28. The molecule has 1 aromatic rings. The summed E-state index contributed by atoms with van der Waals surface area (Å²) in [7, 11) is 0. The van der Waals surface area contributed by atoms with E-state index in [2.05, 4.69) is 20.7 Å². The number of hydrogen-bond acceptors (Lipinski definition) is 2. The average Bonchev–Trinajstić information content (AvgIpc) is 2.23. The van der Waals surface area contributed by atoms with E-state index in [1.165, 1.54) is 0 Å². The summed E-state index contributed by atoms with van der Waals surface area (Å²) in [5.74, 6) is 0. The zero-order chi connectivity index (χ0) is 12.9. The normalized spacial score (nSPS) is 13.7. The van der Waals surface area contributed by atoms with Crippen molar-refractivity contribution in [3.8, 4) is 0 Å². The number of hydrogen-bond donors (Lipinski definition) is 1. The van der Waals surface area contributed by atoms with Gasteiger partial charge in [0.25, 0.3) is 0 Å². The topological polar surface area (TPSA) is 29.5 Å². The number of alkyl halides is 3. The van der Waals surface area contributed by atoms with Crippen LogP contribution in [0.3, 0.4) is 0 Å². The van der Waals surface area contributed by atoms with Crippen LogP contribution in [0.2, 0.25) is 0 Å². The molecule has 0 saturated carbocycles. The lowest BCUT2D eigenvalue weighted by Crippen LogP contribution is -2.18. The second kappa shape index (κ2) is 6.37. The van der Waals surface area contributed by atoms with Crippen LogP contribution in [0.1, 0.15) is 18.1 Å². The van der Waals surface area contributed by atoms with Gasteiger partial charge >= 0.3 is 6.18 Å². The summed E-state index contributed by atoms with van der Waals surface area (Å²) >= 11 is 3.26. The fraction of sp³-hybridized carbons (Fsp3) is 0.455. The van der Waals surface area contributed by atoms with Crippen LogP contribution in [-0.2, 0) is 4.74 Å². The van der Waals surface area contributed by atoms with E-state index in [1.807, 2.05) is 0 Å². The predicted octanol–water partition coefficient (Wildman–Crippen LogP) is 3.45. The lowest BCUT2D eigenvalue weighted by molar-refractivity contribution is -0.175. The minimum atomic E-state index is -4.32. The van der Waals surface area contributed by atoms with Crippen LogP contribution in [-0.4, -0.2) is 24.5 Å². The highest BCUT2D eigenvalue weighted by Gasteiger charge is 2.27. The zero-order valence-corrected chi connectivity index (χ0v) is 10.5. The van der Waals surface area contributed by atoms with Crippen molar-refractivity contribution in [1.29, 1.82) is 0 Å². The molecule has 0 bridgehead atoms. The molecule has 0 saturated heterocycles. The summed E-state index contributed by atoms with van der Waals surface area (Å²) in [5, 5.41) is 9.74. The maximum Gasteiger partial charge on any atom is 0.411 e. The van der Waals surface area contributed by atoms with Crippen molar-refractivity contribution in [2.45, 2.75) is 18.7 Å². The Balaban J connectivity index is 2.36. The molecule has 0 amide bonds. The Hall–Kier alpha value is -0.590. The Morgan fingerprint density at radius 3 is 2.53 bits per heavy atom. The minimum absolute atomic E-state index is 0.124. The van der Waals surface area contributed by atoms with Crippen LogP contribution in [0, 0.1) is 0 Å². The van der Waals surface area contributed by atoms with Crippen molar-refractivity contribution >= 4 is 15.9 Å². The lowest BCUT2D eigenvalue weighted by atomic mass is 10.1. The molecule has 0 aliphatic carbocycles. The van der Waals surface area contributed by atoms with Gasteiger partial charge in [-0.1, -0.05) is 34.1 Å². The number of ether oxygens (including phenoxy) is 1. The van der Waals surface area contributed by atoms with Crippen LogP contribution < -0.4 is 0 Å². The van der Waals surface area contributed by atoms with Crippen LogP contribution in [0.5, 0.6) is 0 Å². The molecule has 0 fully saturated rings. The van der Waals surface area contributed by atoms with E-state index < -0.39 is 18.9 Å². The lowest BCUT2D eigenvalue weighted by Gasteiger charge is -2.13. The summed E-state index contributed by atoms with van der Waals surface area (Å²) in [6.07, 6.45) is -5.03. The molecule has 0 spiro atoms. The molecule has 17 heavy (non-hydrogen) atoms. The largest absolute Gasteiger partial charge is 0.411 e. The average molecular weight is 313 g/mol. The van der Waals surface area contributed by atoms with Crippen molar-refractivity contribution < 1.29 is 23.0 Å². The van der Waals surface area contributed by atoms with Crippen LogP contribution in [0.4, 0.5) is 13.2 Å². The molecule has 0 heterocycles. The monoisotopic (exact) mass is 312 g/mol.